The van der Waals surface area contributed by atoms with Crippen molar-refractivity contribution in [2.24, 2.45) is 17.8 Å². The Morgan fingerprint density at radius 2 is 1.54 bits per heavy atom. The number of carbonyl (C=O) groups excluding carboxylic acids is 3. The molecule has 8 heteroatoms. The second kappa shape index (κ2) is 12.5. The summed E-state index contributed by atoms with van der Waals surface area (Å²) in [4.78, 5) is 44.2. The van der Waals surface area contributed by atoms with E-state index in [1.807, 2.05) is 49.9 Å². The van der Waals surface area contributed by atoms with Crippen LogP contribution in [0.1, 0.15) is 64.8 Å². The zero-order valence-corrected chi connectivity index (χ0v) is 25.5. The third kappa shape index (κ3) is 6.46. The highest BCUT2D eigenvalue weighted by molar-refractivity contribution is 6.31. The highest BCUT2D eigenvalue weighted by Crippen LogP contribution is 2.39. The number of esters is 1. The number of likely N-dealkylation sites (tertiary alicyclic amines) is 3. The predicted molar refractivity (Wildman–Crippen MR) is 160 cm³/mol. The summed E-state index contributed by atoms with van der Waals surface area (Å²) in [6, 6.07) is 12.3. The van der Waals surface area contributed by atoms with Crippen molar-refractivity contribution in [1.29, 1.82) is 0 Å². The van der Waals surface area contributed by atoms with Crippen LogP contribution in [0, 0.1) is 38.5 Å². The van der Waals surface area contributed by atoms with Gasteiger partial charge in [0.05, 0.1) is 12.5 Å². The van der Waals surface area contributed by atoms with Gasteiger partial charge in [0.15, 0.2) is 0 Å². The molecule has 3 fully saturated rings. The average Bonchev–Trinajstić information content (AvgIpc) is 3.52. The number of nitrogens with zero attached hydrogens (tertiary/aromatic N) is 3. The van der Waals surface area contributed by atoms with Crippen molar-refractivity contribution >= 4 is 29.4 Å². The Hall–Kier alpha value is -2.90. The molecule has 3 saturated heterocycles. The third-order valence-electron chi connectivity index (χ3n) is 9.43. The summed E-state index contributed by atoms with van der Waals surface area (Å²) < 4.78 is 5.80. The van der Waals surface area contributed by atoms with Gasteiger partial charge in [-0.1, -0.05) is 41.9 Å². The summed E-state index contributed by atoms with van der Waals surface area (Å²) in [5.41, 5.74) is 5.07. The quantitative estimate of drug-likeness (QED) is 0.422. The lowest BCUT2D eigenvalue weighted by Crippen LogP contribution is -2.39. The zero-order chi connectivity index (χ0) is 29.3. The molecule has 0 N–H and O–H groups in total. The van der Waals surface area contributed by atoms with Crippen LogP contribution < -0.4 is 0 Å². The molecule has 2 amide bonds. The van der Waals surface area contributed by atoms with Crippen molar-refractivity contribution in [3.63, 3.8) is 0 Å². The Balaban J connectivity index is 1.22. The number of halogens is 1. The Kier molecular flexibility index (Phi) is 9.05. The van der Waals surface area contributed by atoms with E-state index in [1.54, 1.807) is 11.8 Å². The first-order valence-electron chi connectivity index (χ1n) is 14.9. The van der Waals surface area contributed by atoms with E-state index in [9.17, 15) is 14.4 Å². The minimum atomic E-state index is -0.159. The van der Waals surface area contributed by atoms with E-state index in [2.05, 4.69) is 17.0 Å². The van der Waals surface area contributed by atoms with Gasteiger partial charge in [0.25, 0.3) is 5.91 Å². The monoisotopic (exact) mass is 579 g/mol. The lowest BCUT2D eigenvalue weighted by Gasteiger charge is -2.31. The van der Waals surface area contributed by atoms with Gasteiger partial charge >= 0.3 is 5.97 Å². The number of hydrogen-bond acceptors (Lipinski definition) is 5. The number of rotatable bonds is 7. The van der Waals surface area contributed by atoms with E-state index < -0.39 is 0 Å². The van der Waals surface area contributed by atoms with Crippen molar-refractivity contribution in [3.05, 3.63) is 69.2 Å². The Bertz CT molecular complexity index is 1270. The molecule has 41 heavy (non-hydrogen) atoms. The molecule has 3 aliphatic heterocycles. The normalized spacial score (nSPS) is 22.1. The number of ether oxygens (including phenoxy) is 1. The topological polar surface area (TPSA) is 70.2 Å². The molecule has 7 nitrogen and oxygen atoms in total. The van der Waals surface area contributed by atoms with E-state index in [0.29, 0.717) is 50.8 Å². The molecule has 0 bridgehead atoms. The molecule has 3 atom stereocenters. The SMILES string of the molecule is CC(=O)N1CCC(C(=O)OCCC(c2ccc(C)c(Cl)c2)N2CC3CN(C(=O)c4c(C)cccc4C)CC3C2)CC1. The smallest absolute Gasteiger partial charge is 0.309 e. The molecule has 2 aromatic carbocycles. The van der Waals surface area contributed by atoms with Gasteiger partial charge in [0.1, 0.15) is 0 Å². The Morgan fingerprint density at radius 1 is 0.902 bits per heavy atom. The van der Waals surface area contributed by atoms with E-state index in [-0.39, 0.29) is 29.7 Å². The van der Waals surface area contributed by atoms with Crippen LogP contribution in [-0.2, 0) is 14.3 Å². The van der Waals surface area contributed by atoms with Crippen molar-refractivity contribution in [2.45, 2.75) is 53.0 Å². The molecule has 3 unspecified atom stereocenters. The molecule has 2 aromatic rings. The van der Waals surface area contributed by atoms with Crippen LogP contribution in [0.2, 0.25) is 5.02 Å². The molecule has 3 heterocycles. The molecule has 0 saturated carbocycles. The number of piperidine rings is 1. The standard InChI is InChI=1S/C33H42ClN3O4/c1-21-8-9-26(16-29(21)34)30(12-15-41-33(40)25-10-13-35(14-11-25)24(4)38)36-17-27-19-37(20-28(27)18-36)32(39)31-22(2)6-5-7-23(31)3/h5-9,16,25,27-28,30H,10-15,17-20H2,1-4H3. The number of aryl methyl sites for hydroxylation is 3. The average molecular weight is 580 g/mol. The minimum absolute atomic E-state index is 0.0598. The van der Waals surface area contributed by atoms with Gasteiger partial charge in [-0.05, 0) is 73.8 Å². The molecule has 0 aliphatic carbocycles. The summed E-state index contributed by atoms with van der Waals surface area (Å²) in [6.45, 7) is 12.5. The highest BCUT2D eigenvalue weighted by atomic mass is 35.5. The number of fused-ring (bicyclic) bond motifs is 1. The largest absolute Gasteiger partial charge is 0.465 e. The third-order valence-corrected chi connectivity index (χ3v) is 9.83. The van der Waals surface area contributed by atoms with E-state index in [0.717, 1.165) is 59.0 Å². The van der Waals surface area contributed by atoms with Crippen LogP contribution in [0.4, 0.5) is 0 Å². The van der Waals surface area contributed by atoms with Crippen LogP contribution >= 0.6 is 11.6 Å². The van der Waals surface area contributed by atoms with E-state index in [4.69, 9.17) is 16.3 Å². The second-order valence-corrected chi connectivity index (χ2v) is 12.6. The van der Waals surface area contributed by atoms with E-state index in [1.165, 1.54) is 0 Å². The Labute approximate surface area is 248 Å². The fourth-order valence-corrected chi connectivity index (χ4v) is 7.14. The second-order valence-electron chi connectivity index (χ2n) is 12.2. The molecule has 0 spiro atoms. The van der Waals surface area contributed by atoms with Crippen LogP contribution in [0.5, 0.6) is 0 Å². The fourth-order valence-electron chi connectivity index (χ4n) is 6.96. The lowest BCUT2D eigenvalue weighted by atomic mass is 9.97. The van der Waals surface area contributed by atoms with Gasteiger partial charge in [0, 0.05) is 69.2 Å². The first kappa shape index (κ1) is 29.6. The summed E-state index contributed by atoms with van der Waals surface area (Å²) in [7, 11) is 0. The van der Waals surface area contributed by atoms with Crippen molar-refractivity contribution < 1.29 is 19.1 Å². The number of amides is 2. The molecule has 0 aromatic heterocycles. The number of carbonyl (C=O) groups is 3. The number of hydrogen-bond donors (Lipinski definition) is 0. The zero-order valence-electron chi connectivity index (χ0n) is 24.7. The van der Waals surface area contributed by atoms with Crippen molar-refractivity contribution in [3.8, 4) is 0 Å². The lowest BCUT2D eigenvalue weighted by molar-refractivity contribution is -0.152. The van der Waals surface area contributed by atoms with Crippen LogP contribution in [0.25, 0.3) is 0 Å². The first-order valence-corrected chi connectivity index (χ1v) is 15.3. The van der Waals surface area contributed by atoms with Crippen LogP contribution in [0.15, 0.2) is 36.4 Å². The maximum atomic E-state index is 13.4. The molecule has 0 radical (unpaired) electrons. The van der Waals surface area contributed by atoms with Gasteiger partial charge in [-0.25, -0.2) is 0 Å². The molecule has 5 rings (SSSR count). The molecule has 3 aliphatic rings. The van der Waals surface area contributed by atoms with Gasteiger partial charge in [-0.2, -0.15) is 0 Å². The summed E-state index contributed by atoms with van der Waals surface area (Å²) in [5.74, 6) is 0.729. The molecular formula is C33H42ClN3O4. The van der Waals surface area contributed by atoms with Gasteiger partial charge in [-0.15, -0.1) is 0 Å². The Morgan fingerprint density at radius 3 is 2.12 bits per heavy atom. The summed E-state index contributed by atoms with van der Waals surface area (Å²) in [5, 5.41) is 0.742. The predicted octanol–water partition coefficient (Wildman–Crippen LogP) is 5.20. The minimum Gasteiger partial charge on any atom is -0.465 e. The molecule has 220 valence electrons. The van der Waals surface area contributed by atoms with Gasteiger partial charge in [0.2, 0.25) is 5.91 Å². The fraction of sp³-hybridized carbons (Fsp3) is 0.545. The van der Waals surface area contributed by atoms with Crippen LogP contribution in [0.3, 0.4) is 0 Å². The van der Waals surface area contributed by atoms with Crippen molar-refractivity contribution in [1.82, 2.24) is 14.7 Å². The summed E-state index contributed by atoms with van der Waals surface area (Å²) in [6.07, 6.45) is 1.99. The summed E-state index contributed by atoms with van der Waals surface area (Å²) >= 11 is 6.54. The molecular weight excluding hydrogens is 538 g/mol. The number of benzene rings is 2. The van der Waals surface area contributed by atoms with Gasteiger partial charge < -0.3 is 14.5 Å². The maximum absolute atomic E-state index is 13.4. The maximum Gasteiger partial charge on any atom is 0.309 e. The van der Waals surface area contributed by atoms with E-state index >= 15 is 0 Å². The van der Waals surface area contributed by atoms with Crippen LogP contribution in [-0.4, -0.2) is 78.4 Å². The first-order chi connectivity index (χ1) is 19.6. The highest BCUT2D eigenvalue weighted by Gasteiger charge is 2.44. The van der Waals surface area contributed by atoms with Crippen molar-refractivity contribution in [2.75, 3.05) is 45.9 Å². The van der Waals surface area contributed by atoms with Gasteiger partial charge in [-0.3, -0.25) is 19.3 Å².